The molecule has 0 radical (unpaired) electrons. The molecule has 9 heteroatoms. The first-order valence-corrected chi connectivity index (χ1v) is 12.9. The minimum atomic E-state index is -3.88. The Labute approximate surface area is 211 Å². The maximum atomic E-state index is 12.8. The fourth-order valence-corrected chi connectivity index (χ4v) is 4.67. The summed E-state index contributed by atoms with van der Waals surface area (Å²) in [6, 6.07) is 20.0. The lowest BCUT2D eigenvalue weighted by Gasteiger charge is -2.18. The maximum absolute atomic E-state index is 12.8. The van der Waals surface area contributed by atoms with Crippen LogP contribution in [0.3, 0.4) is 0 Å². The van der Waals surface area contributed by atoms with Crippen molar-refractivity contribution in [1.29, 1.82) is 0 Å². The van der Waals surface area contributed by atoms with Gasteiger partial charge in [0.05, 0.1) is 12.0 Å². The fourth-order valence-electron chi connectivity index (χ4n) is 3.47. The molecule has 8 nitrogen and oxygen atoms in total. The third-order valence-corrected chi connectivity index (χ3v) is 7.05. The van der Waals surface area contributed by atoms with Gasteiger partial charge in [-0.2, -0.15) is 4.72 Å². The van der Waals surface area contributed by atoms with Crippen molar-refractivity contribution in [2.24, 2.45) is 0 Å². The van der Waals surface area contributed by atoms with E-state index in [1.54, 1.807) is 36.4 Å². The number of aryl methyl sites for hydroxylation is 2. The first kappa shape index (κ1) is 26.9. The second-order valence-electron chi connectivity index (χ2n) is 8.27. The number of hydrogen-bond acceptors (Lipinski definition) is 6. The van der Waals surface area contributed by atoms with Crippen molar-refractivity contribution >= 4 is 21.9 Å². The van der Waals surface area contributed by atoms with Gasteiger partial charge in [-0.1, -0.05) is 42.0 Å². The van der Waals surface area contributed by atoms with Crippen LogP contribution >= 0.6 is 0 Å². The predicted molar refractivity (Wildman–Crippen MR) is 136 cm³/mol. The lowest BCUT2D eigenvalue weighted by atomic mass is 10.1. The summed E-state index contributed by atoms with van der Waals surface area (Å²) in [6.45, 7) is 1.87. The van der Waals surface area contributed by atoms with Crippen LogP contribution in [0, 0.1) is 6.92 Å². The van der Waals surface area contributed by atoms with Crippen molar-refractivity contribution in [3.8, 4) is 11.5 Å². The van der Waals surface area contributed by atoms with Gasteiger partial charge in [0, 0.05) is 13.5 Å². The van der Waals surface area contributed by atoms with E-state index >= 15 is 0 Å². The fraction of sp³-hybridized carbons (Fsp3) is 0.259. The summed E-state index contributed by atoms with van der Waals surface area (Å²) in [6.07, 6.45) is 1.07. The van der Waals surface area contributed by atoms with Gasteiger partial charge < -0.3 is 14.8 Å². The Hall–Kier alpha value is -3.69. The van der Waals surface area contributed by atoms with Gasteiger partial charge in [0.25, 0.3) is 0 Å². The van der Waals surface area contributed by atoms with Crippen LogP contribution < -0.4 is 14.8 Å². The van der Waals surface area contributed by atoms with E-state index in [0.29, 0.717) is 24.3 Å². The molecule has 0 unspecified atom stereocenters. The molecule has 1 amide bonds. The molecule has 0 heterocycles. The average molecular weight is 511 g/mol. The van der Waals surface area contributed by atoms with Crippen LogP contribution in [-0.2, 0) is 37.2 Å². The number of rotatable bonds is 11. The van der Waals surface area contributed by atoms with Gasteiger partial charge in [0.1, 0.15) is 17.5 Å². The highest BCUT2D eigenvalue weighted by Crippen LogP contribution is 2.23. The van der Waals surface area contributed by atoms with E-state index in [-0.39, 0.29) is 17.3 Å². The maximum Gasteiger partial charge on any atom is 0.305 e. The summed E-state index contributed by atoms with van der Waals surface area (Å²) < 4.78 is 38.6. The number of likely N-dealkylation sites (N-methyl/N-ethyl adjacent to an activating group) is 1. The molecule has 0 aliphatic rings. The first-order chi connectivity index (χ1) is 17.2. The van der Waals surface area contributed by atoms with Crippen molar-refractivity contribution in [2.45, 2.75) is 37.1 Å². The van der Waals surface area contributed by atoms with E-state index in [4.69, 9.17) is 4.74 Å². The van der Waals surface area contributed by atoms with E-state index in [2.05, 4.69) is 14.8 Å². The second kappa shape index (κ2) is 12.3. The third kappa shape index (κ3) is 7.66. The summed E-state index contributed by atoms with van der Waals surface area (Å²) in [5, 5.41) is 2.52. The molecule has 2 N–H and O–H groups in total. The summed E-state index contributed by atoms with van der Waals surface area (Å²) in [7, 11) is -1.04. The van der Waals surface area contributed by atoms with E-state index in [9.17, 15) is 18.0 Å². The standard InChI is InChI=1S/C27H30N2O6S/c1-19-4-15-24(16-5-19)36(32,33)29-25(27(31)28-2)18-21-8-13-23(14-9-21)35-22-11-6-20(7-12-22)10-17-26(30)34-3/h4-9,11-16,25,29H,10,17-18H2,1-3H3,(H,28,31)/t25-/m0/s1. The smallest absolute Gasteiger partial charge is 0.305 e. The molecular formula is C27H30N2O6S. The summed E-state index contributed by atoms with van der Waals surface area (Å²) in [4.78, 5) is 23.8. The Morgan fingerprint density at radius 1 is 0.861 bits per heavy atom. The van der Waals surface area contributed by atoms with Gasteiger partial charge >= 0.3 is 5.97 Å². The van der Waals surface area contributed by atoms with Crippen molar-refractivity contribution in [3.05, 3.63) is 89.5 Å². The Bertz CT molecular complexity index is 1270. The van der Waals surface area contributed by atoms with E-state index < -0.39 is 22.0 Å². The van der Waals surface area contributed by atoms with Crippen molar-refractivity contribution < 1.29 is 27.5 Å². The molecule has 3 rings (SSSR count). The van der Waals surface area contributed by atoms with Crippen molar-refractivity contribution in [1.82, 2.24) is 10.0 Å². The molecule has 0 saturated heterocycles. The zero-order valence-corrected chi connectivity index (χ0v) is 21.3. The quantitative estimate of drug-likeness (QED) is 0.382. The number of benzene rings is 3. The lowest BCUT2D eigenvalue weighted by molar-refractivity contribution is -0.140. The van der Waals surface area contributed by atoms with E-state index in [0.717, 1.165) is 16.7 Å². The Morgan fingerprint density at radius 2 is 1.42 bits per heavy atom. The van der Waals surface area contributed by atoms with Gasteiger partial charge in [0.2, 0.25) is 15.9 Å². The first-order valence-electron chi connectivity index (χ1n) is 11.4. The van der Waals surface area contributed by atoms with E-state index in [1.165, 1.54) is 26.3 Å². The van der Waals surface area contributed by atoms with Gasteiger partial charge in [-0.25, -0.2) is 8.42 Å². The summed E-state index contributed by atoms with van der Waals surface area (Å²) in [5.41, 5.74) is 2.70. The Morgan fingerprint density at radius 3 is 1.94 bits per heavy atom. The van der Waals surface area contributed by atoms with Crippen molar-refractivity contribution in [3.63, 3.8) is 0 Å². The number of esters is 1. The number of nitrogens with one attached hydrogen (secondary N) is 2. The summed E-state index contributed by atoms with van der Waals surface area (Å²) in [5.74, 6) is 0.548. The highest BCUT2D eigenvalue weighted by atomic mass is 32.2. The number of carbonyl (C=O) groups excluding carboxylic acids is 2. The minimum absolute atomic E-state index is 0.0991. The lowest BCUT2D eigenvalue weighted by Crippen LogP contribution is -2.46. The minimum Gasteiger partial charge on any atom is -0.469 e. The number of sulfonamides is 1. The second-order valence-corrected chi connectivity index (χ2v) is 9.99. The van der Waals surface area contributed by atoms with Gasteiger partial charge in [-0.3, -0.25) is 9.59 Å². The Kier molecular flexibility index (Phi) is 9.21. The molecule has 0 spiro atoms. The van der Waals surface area contributed by atoms with Crippen LogP contribution in [-0.4, -0.2) is 40.5 Å². The number of ether oxygens (including phenoxy) is 2. The molecule has 3 aromatic carbocycles. The molecule has 0 aliphatic heterocycles. The Balaban J connectivity index is 1.64. The van der Waals surface area contributed by atoms with Crippen molar-refractivity contribution in [2.75, 3.05) is 14.2 Å². The molecule has 0 saturated carbocycles. The largest absolute Gasteiger partial charge is 0.469 e. The van der Waals surface area contributed by atoms with Crippen LogP contribution in [0.1, 0.15) is 23.1 Å². The summed E-state index contributed by atoms with van der Waals surface area (Å²) >= 11 is 0. The van der Waals surface area contributed by atoms with E-state index in [1.807, 2.05) is 31.2 Å². The molecule has 0 aliphatic carbocycles. The van der Waals surface area contributed by atoms with Gasteiger partial charge in [-0.15, -0.1) is 0 Å². The van der Waals surface area contributed by atoms with Crippen LogP contribution in [0.2, 0.25) is 0 Å². The van der Waals surface area contributed by atoms with Crippen LogP contribution in [0.4, 0.5) is 0 Å². The number of hydrogen-bond donors (Lipinski definition) is 2. The van der Waals surface area contributed by atoms with Crippen LogP contribution in [0.5, 0.6) is 11.5 Å². The normalized spacial score (nSPS) is 12.0. The third-order valence-electron chi connectivity index (χ3n) is 5.56. The number of amides is 1. The van der Waals surface area contributed by atoms with Crippen LogP contribution in [0.15, 0.2) is 77.7 Å². The molecule has 1 atom stereocenters. The molecule has 3 aromatic rings. The monoisotopic (exact) mass is 510 g/mol. The molecular weight excluding hydrogens is 480 g/mol. The molecule has 0 fully saturated rings. The predicted octanol–water partition coefficient (Wildman–Crippen LogP) is 3.53. The SMILES string of the molecule is CNC(=O)[C@H](Cc1ccc(Oc2ccc(CCC(=O)OC)cc2)cc1)NS(=O)(=O)c1ccc(C)cc1. The average Bonchev–Trinajstić information content (AvgIpc) is 2.88. The van der Waals surface area contributed by atoms with Crippen LogP contribution in [0.25, 0.3) is 0 Å². The molecule has 0 bridgehead atoms. The zero-order chi connectivity index (χ0) is 26.1. The van der Waals surface area contributed by atoms with Gasteiger partial charge in [-0.05, 0) is 67.3 Å². The number of methoxy groups -OCH3 is 1. The zero-order valence-electron chi connectivity index (χ0n) is 20.5. The van der Waals surface area contributed by atoms with Gasteiger partial charge in [0.15, 0.2) is 0 Å². The molecule has 36 heavy (non-hydrogen) atoms. The molecule has 190 valence electrons. The highest BCUT2D eigenvalue weighted by molar-refractivity contribution is 7.89. The highest BCUT2D eigenvalue weighted by Gasteiger charge is 2.25. The molecule has 0 aromatic heterocycles. The topological polar surface area (TPSA) is 111 Å². The number of carbonyl (C=O) groups is 2.